The van der Waals surface area contributed by atoms with Crippen LogP contribution in [-0.2, 0) is 4.74 Å². The van der Waals surface area contributed by atoms with Gasteiger partial charge in [-0.15, -0.1) is 0 Å². The SMILES string of the molecule is CC1CCC(C)COC1.Cc1ccc(C(=N)c2cc(C(=O)NC(CCO)c3ccccc3)ccc2N)cc1. The van der Waals surface area contributed by atoms with Crippen LogP contribution in [0.25, 0.3) is 0 Å². The van der Waals surface area contributed by atoms with Crippen molar-refractivity contribution in [1.82, 2.24) is 5.32 Å². The average Bonchev–Trinajstić information content (AvgIpc) is 3.12. The van der Waals surface area contributed by atoms with Crippen LogP contribution in [0, 0.1) is 24.2 Å². The third kappa shape index (κ3) is 8.54. The number of ether oxygens (including phenoxy) is 1. The molecule has 1 heterocycles. The summed E-state index contributed by atoms with van der Waals surface area (Å²) in [6.45, 7) is 8.43. The highest BCUT2D eigenvalue weighted by molar-refractivity contribution is 6.14. The molecule has 38 heavy (non-hydrogen) atoms. The summed E-state index contributed by atoms with van der Waals surface area (Å²) in [5, 5.41) is 20.9. The molecular weight excluding hydrogens is 474 g/mol. The number of aryl methyl sites for hydroxylation is 1. The van der Waals surface area contributed by atoms with E-state index in [0.717, 1.165) is 41.7 Å². The monoisotopic (exact) mass is 515 g/mol. The van der Waals surface area contributed by atoms with Crippen LogP contribution in [0.1, 0.15) is 71.8 Å². The maximum absolute atomic E-state index is 12.9. The lowest BCUT2D eigenvalue weighted by Crippen LogP contribution is -2.29. The van der Waals surface area contributed by atoms with Crippen molar-refractivity contribution in [2.24, 2.45) is 11.8 Å². The summed E-state index contributed by atoms with van der Waals surface area (Å²) in [4.78, 5) is 12.9. The fourth-order valence-electron chi connectivity index (χ4n) is 4.37. The molecule has 0 radical (unpaired) electrons. The van der Waals surface area contributed by atoms with E-state index in [4.69, 9.17) is 15.9 Å². The topological polar surface area (TPSA) is 108 Å². The van der Waals surface area contributed by atoms with E-state index in [0.29, 0.717) is 23.2 Å². The van der Waals surface area contributed by atoms with E-state index in [-0.39, 0.29) is 24.3 Å². The quantitative estimate of drug-likeness (QED) is 0.231. The molecule has 1 saturated heterocycles. The smallest absolute Gasteiger partial charge is 0.251 e. The predicted octanol–water partition coefficient (Wildman–Crippen LogP) is 5.92. The fraction of sp³-hybridized carbons (Fsp3) is 0.375. The van der Waals surface area contributed by atoms with Crippen LogP contribution in [0.5, 0.6) is 0 Å². The number of rotatable bonds is 7. The zero-order chi connectivity index (χ0) is 27.5. The largest absolute Gasteiger partial charge is 0.398 e. The number of nitrogens with two attached hydrogens (primary N) is 1. The van der Waals surface area contributed by atoms with Gasteiger partial charge in [-0.1, -0.05) is 74.0 Å². The number of anilines is 1. The number of carbonyl (C=O) groups excluding carboxylic acids is 1. The summed E-state index contributed by atoms with van der Waals surface area (Å²) < 4.78 is 5.42. The minimum absolute atomic E-state index is 0.0368. The van der Waals surface area contributed by atoms with Crippen molar-refractivity contribution in [3.63, 3.8) is 0 Å². The Morgan fingerprint density at radius 2 is 1.61 bits per heavy atom. The van der Waals surface area contributed by atoms with Gasteiger partial charge in [0.2, 0.25) is 0 Å². The van der Waals surface area contributed by atoms with Gasteiger partial charge in [0.1, 0.15) is 0 Å². The van der Waals surface area contributed by atoms with Crippen molar-refractivity contribution in [1.29, 1.82) is 5.41 Å². The Labute approximate surface area is 226 Å². The van der Waals surface area contributed by atoms with Gasteiger partial charge in [-0.25, -0.2) is 0 Å². The molecule has 0 bridgehead atoms. The minimum atomic E-state index is -0.300. The van der Waals surface area contributed by atoms with Crippen molar-refractivity contribution in [3.05, 3.63) is 101 Å². The molecule has 3 atom stereocenters. The third-order valence-corrected chi connectivity index (χ3v) is 6.81. The van der Waals surface area contributed by atoms with E-state index in [1.807, 2.05) is 61.5 Å². The maximum Gasteiger partial charge on any atom is 0.251 e. The van der Waals surface area contributed by atoms with Crippen molar-refractivity contribution in [3.8, 4) is 0 Å². The van der Waals surface area contributed by atoms with Crippen LogP contribution in [-0.4, -0.2) is 36.5 Å². The molecular formula is C32H41N3O3. The predicted molar refractivity (Wildman–Crippen MR) is 155 cm³/mol. The molecule has 1 amide bonds. The van der Waals surface area contributed by atoms with Crippen LogP contribution in [0.15, 0.2) is 72.8 Å². The standard InChI is InChI=1S/C24H25N3O2.C8H16O/c1-16-7-9-18(10-8-16)23(26)20-15-19(11-12-21(20)25)24(29)27-22(13-14-28)17-5-3-2-4-6-17;1-7-3-4-8(2)6-9-5-7/h2-12,15,22,26,28H,13-14,25H2,1H3,(H,27,29);7-8H,3-6H2,1-2H3. The molecule has 6 nitrogen and oxygen atoms in total. The van der Waals surface area contributed by atoms with Gasteiger partial charge in [-0.2, -0.15) is 0 Å². The van der Waals surface area contributed by atoms with E-state index < -0.39 is 0 Å². The molecule has 4 rings (SSSR count). The summed E-state index contributed by atoms with van der Waals surface area (Å²) in [6, 6.07) is 21.8. The first-order valence-electron chi connectivity index (χ1n) is 13.4. The second-order valence-electron chi connectivity index (χ2n) is 10.3. The number of nitrogen functional groups attached to an aromatic ring is 1. The van der Waals surface area contributed by atoms with Crippen molar-refractivity contribution >= 4 is 17.3 Å². The zero-order valence-corrected chi connectivity index (χ0v) is 22.7. The number of aliphatic hydroxyl groups excluding tert-OH is 1. The molecule has 1 fully saturated rings. The first-order chi connectivity index (χ1) is 18.3. The van der Waals surface area contributed by atoms with E-state index in [1.165, 1.54) is 12.8 Å². The molecule has 0 spiro atoms. The Balaban J connectivity index is 0.000000375. The van der Waals surface area contributed by atoms with Crippen LogP contribution >= 0.6 is 0 Å². The summed E-state index contributed by atoms with van der Waals surface area (Å²) in [6.07, 6.45) is 3.11. The van der Waals surface area contributed by atoms with Gasteiger partial charge >= 0.3 is 0 Å². The lowest BCUT2D eigenvalue weighted by atomic mass is 9.97. The normalized spacial score (nSPS) is 17.9. The van der Waals surface area contributed by atoms with E-state index in [1.54, 1.807) is 18.2 Å². The Morgan fingerprint density at radius 3 is 2.21 bits per heavy atom. The highest BCUT2D eigenvalue weighted by atomic mass is 16.5. The second kappa shape index (κ2) is 14.5. The Bertz CT molecular complexity index is 1170. The maximum atomic E-state index is 12.9. The molecule has 3 aromatic carbocycles. The first kappa shape index (κ1) is 29.1. The van der Waals surface area contributed by atoms with Gasteiger partial charge < -0.3 is 20.9 Å². The van der Waals surface area contributed by atoms with E-state index in [9.17, 15) is 9.90 Å². The van der Waals surface area contributed by atoms with Gasteiger partial charge in [0, 0.05) is 42.2 Å². The van der Waals surface area contributed by atoms with Crippen LogP contribution in [0.2, 0.25) is 0 Å². The Hall–Kier alpha value is -3.48. The highest BCUT2D eigenvalue weighted by Crippen LogP contribution is 2.21. The van der Waals surface area contributed by atoms with Crippen molar-refractivity contribution < 1.29 is 14.6 Å². The number of benzene rings is 3. The number of nitrogens with one attached hydrogen (secondary N) is 2. The first-order valence-corrected chi connectivity index (χ1v) is 13.4. The molecule has 6 heteroatoms. The molecule has 0 saturated carbocycles. The number of hydrogen-bond acceptors (Lipinski definition) is 5. The van der Waals surface area contributed by atoms with Gasteiger partial charge in [0.05, 0.1) is 11.8 Å². The highest BCUT2D eigenvalue weighted by Gasteiger charge is 2.18. The second-order valence-corrected chi connectivity index (χ2v) is 10.3. The van der Waals surface area contributed by atoms with E-state index >= 15 is 0 Å². The van der Waals surface area contributed by atoms with Gasteiger partial charge in [0.15, 0.2) is 0 Å². The molecule has 3 unspecified atom stereocenters. The average molecular weight is 516 g/mol. The molecule has 202 valence electrons. The summed E-state index contributed by atoms with van der Waals surface area (Å²) in [5.74, 6) is 1.30. The Morgan fingerprint density at radius 1 is 1.00 bits per heavy atom. The van der Waals surface area contributed by atoms with Crippen LogP contribution < -0.4 is 11.1 Å². The third-order valence-electron chi connectivity index (χ3n) is 6.81. The van der Waals surface area contributed by atoms with Crippen LogP contribution in [0.4, 0.5) is 5.69 Å². The summed E-state index contributed by atoms with van der Waals surface area (Å²) in [7, 11) is 0. The Kier molecular flexibility index (Phi) is 11.1. The molecule has 0 aromatic heterocycles. The van der Waals surface area contributed by atoms with Gasteiger partial charge in [-0.05, 0) is 61.8 Å². The number of amides is 1. The summed E-state index contributed by atoms with van der Waals surface area (Å²) in [5.41, 5.74) is 10.5. The van der Waals surface area contributed by atoms with Crippen LogP contribution in [0.3, 0.4) is 0 Å². The zero-order valence-electron chi connectivity index (χ0n) is 22.7. The fourth-order valence-corrected chi connectivity index (χ4v) is 4.37. The van der Waals surface area contributed by atoms with Crippen molar-refractivity contribution in [2.75, 3.05) is 25.6 Å². The molecule has 3 aromatic rings. The minimum Gasteiger partial charge on any atom is -0.398 e. The molecule has 1 aliphatic rings. The van der Waals surface area contributed by atoms with Gasteiger partial charge in [0.25, 0.3) is 5.91 Å². The summed E-state index contributed by atoms with van der Waals surface area (Å²) >= 11 is 0. The lowest BCUT2D eigenvalue weighted by molar-refractivity contribution is 0.0930. The lowest BCUT2D eigenvalue weighted by Gasteiger charge is -2.19. The molecule has 5 N–H and O–H groups in total. The number of aliphatic hydroxyl groups is 1. The van der Waals surface area contributed by atoms with Crippen molar-refractivity contribution in [2.45, 2.75) is 46.1 Å². The molecule has 1 aliphatic heterocycles. The number of carbonyl (C=O) groups is 1. The number of hydrogen-bond donors (Lipinski definition) is 4. The molecule has 0 aliphatic carbocycles. The van der Waals surface area contributed by atoms with Gasteiger partial charge in [-0.3, -0.25) is 10.2 Å². The van der Waals surface area contributed by atoms with E-state index in [2.05, 4.69) is 19.2 Å².